The van der Waals surface area contributed by atoms with Gasteiger partial charge in [-0.25, -0.2) is 9.79 Å². The zero-order chi connectivity index (χ0) is 24.1. The van der Waals surface area contributed by atoms with Crippen LogP contribution in [0.4, 0.5) is 10.7 Å². The molecule has 0 fully saturated rings. The molecule has 1 amide bonds. The van der Waals surface area contributed by atoms with E-state index < -0.39 is 0 Å². The van der Waals surface area contributed by atoms with E-state index in [1.54, 1.807) is 29.7 Å². The fourth-order valence-electron chi connectivity index (χ4n) is 4.26. The van der Waals surface area contributed by atoms with Gasteiger partial charge in [-0.05, 0) is 80.0 Å². The van der Waals surface area contributed by atoms with E-state index in [0.717, 1.165) is 58.6 Å². The summed E-state index contributed by atoms with van der Waals surface area (Å²) in [6.45, 7) is 4.08. The number of amides is 1. The Balaban J connectivity index is 1.68. The zero-order valence-electron chi connectivity index (χ0n) is 19.9. The predicted octanol–water partition coefficient (Wildman–Crippen LogP) is 6.81. The number of carbonyl (C=O) groups is 2. The van der Waals surface area contributed by atoms with Gasteiger partial charge in [0.05, 0.1) is 18.2 Å². The fourth-order valence-corrected chi connectivity index (χ4v) is 5.49. The minimum absolute atomic E-state index is 0.0973. The number of nitrogens with one attached hydrogen (secondary N) is 1. The van der Waals surface area contributed by atoms with Gasteiger partial charge in [-0.1, -0.05) is 37.1 Å². The number of aryl methyl sites for hydroxylation is 2. The highest BCUT2D eigenvalue weighted by Crippen LogP contribution is 2.39. The number of rotatable bonds is 5. The number of carbonyl (C=O) groups excluding carboxylic acids is 2. The van der Waals surface area contributed by atoms with Crippen molar-refractivity contribution in [3.8, 4) is 0 Å². The SMILES string of the molecule is COC(=O)c1ccc(C=Nc2sc3c(c2C(=O)Nc2cccc(C)c2C)CCCCCC3)cc1. The Morgan fingerprint density at radius 1 is 1.00 bits per heavy atom. The van der Waals surface area contributed by atoms with Crippen LogP contribution in [-0.4, -0.2) is 25.2 Å². The lowest BCUT2D eigenvalue weighted by Crippen LogP contribution is -2.15. The standard InChI is InChI=1S/C28H30N2O3S/c1-18-9-8-11-23(19(18)2)30-26(31)25-22-10-6-4-5-7-12-24(22)34-27(25)29-17-20-13-15-21(16-14-20)28(32)33-3/h8-9,11,13-17H,4-7,10,12H2,1-3H3,(H,30,31). The van der Waals surface area contributed by atoms with Crippen LogP contribution in [0.3, 0.4) is 0 Å². The van der Waals surface area contributed by atoms with E-state index in [4.69, 9.17) is 9.73 Å². The molecule has 0 saturated carbocycles. The van der Waals surface area contributed by atoms with Crippen LogP contribution in [0.2, 0.25) is 0 Å². The summed E-state index contributed by atoms with van der Waals surface area (Å²) in [7, 11) is 1.37. The van der Waals surface area contributed by atoms with Gasteiger partial charge >= 0.3 is 5.97 Å². The molecule has 0 aliphatic heterocycles. The molecule has 0 radical (unpaired) electrons. The van der Waals surface area contributed by atoms with Crippen molar-refractivity contribution in [1.82, 2.24) is 0 Å². The minimum atomic E-state index is -0.369. The first-order chi connectivity index (χ1) is 16.5. The molecule has 0 atom stereocenters. The van der Waals surface area contributed by atoms with E-state index in [2.05, 4.69) is 5.32 Å². The van der Waals surface area contributed by atoms with E-state index in [1.165, 1.54) is 24.8 Å². The van der Waals surface area contributed by atoms with E-state index >= 15 is 0 Å². The number of hydrogen-bond donors (Lipinski definition) is 1. The normalized spacial score (nSPS) is 13.7. The summed E-state index contributed by atoms with van der Waals surface area (Å²) in [5.74, 6) is -0.466. The van der Waals surface area contributed by atoms with Crippen molar-refractivity contribution >= 4 is 40.1 Å². The van der Waals surface area contributed by atoms with Crippen LogP contribution >= 0.6 is 11.3 Å². The van der Waals surface area contributed by atoms with Crippen LogP contribution in [0.5, 0.6) is 0 Å². The molecule has 0 unspecified atom stereocenters. The van der Waals surface area contributed by atoms with Crippen molar-refractivity contribution < 1.29 is 14.3 Å². The molecule has 0 spiro atoms. The zero-order valence-corrected chi connectivity index (χ0v) is 20.8. The van der Waals surface area contributed by atoms with Gasteiger partial charge in [0.15, 0.2) is 0 Å². The number of aliphatic imine (C=N–C) groups is 1. The summed E-state index contributed by atoms with van der Waals surface area (Å²) >= 11 is 1.63. The highest BCUT2D eigenvalue weighted by molar-refractivity contribution is 7.16. The van der Waals surface area contributed by atoms with Crippen LogP contribution in [-0.2, 0) is 17.6 Å². The number of thiophene rings is 1. The van der Waals surface area contributed by atoms with Crippen LogP contribution in [0, 0.1) is 13.8 Å². The lowest BCUT2D eigenvalue weighted by molar-refractivity contribution is 0.0600. The smallest absolute Gasteiger partial charge is 0.337 e. The highest BCUT2D eigenvalue weighted by Gasteiger charge is 2.24. The van der Waals surface area contributed by atoms with Crippen molar-refractivity contribution in [3.63, 3.8) is 0 Å². The summed E-state index contributed by atoms with van der Waals surface area (Å²) in [6, 6.07) is 13.1. The molecular weight excluding hydrogens is 444 g/mol. The number of benzene rings is 2. The first kappa shape index (κ1) is 23.9. The van der Waals surface area contributed by atoms with E-state index in [9.17, 15) is 9.59 Å². The molecule has 1 aliphatic rings. The second-order valence-corrected chi connectivity index (χ2v) is 9.76. The number of anilines is 1. The van der Waals surface area contributed by atoms with Crippen molar-refractivity contribution in [1.29, 1.82) is 0 Å². The fraction of sp³-hybridized carbons (Fsp3) is 0.321. The first-order valence-corrected chi connectivity index (χ1v) is 12.5. The number of nitrogens with zero attached hydrogens (tertiary/aromatic N) is 1. The second kappa shape index (κ2) is 10.8. The van der Waals surface area contributed by atoms with Crippen molar-refractivity contribution in [2.45, 2.75) is 52.4 Å². The number of methoxy groups -OCH3 is 1. The van der Waals surface area contributed by atoms with Gasteiger partial charge in [-0.3, -0.25) is 4.79 Å². The molecule has 1 heterocycles. The molecule has 6 heteroatoms. The average molecular weight is 475 g/mol. The maximum atomic E-state index is 13.6. The van der Waals surface area contributed by atoms with Crippen molar-refractivity contribution in [2.24, 2.45) is 4.99 Å². The van der Waals surface area contributed by atoms with Gasteiger partial charge in [0, 0.05) is 16.8 Å². The molecule has 4 rings (SSSR count). The van der Waals surface area contributed by atoms with Gasteiger partial charge in [0.25, 0.3) is 5.91 Å². The summed E-state index contributed by atoms with van der Waals surface area (Å²) in [4.78, 5) is 31.3. The lowest BCUT2D eigenvalue weighted by Gasteiger charge is -2.13. The van der Waals surface area contributed by atoms with Crippen LogP contribution in [0.1, 0.15) is 73.5 Å². The van der Waals surface area contributed by atoms with Gasteiger partial charge in [-0.15, -0.1) is 11.3 Å². The first-order valence-electron chi connectivity index (χ1n) is 11.7. The average Bonchev–Trinajstić information content (AvgIpc) is 3.16. The Morgan fingerprint density at radius 2 is 1.74 bits per heavy atom. The number of fused-ring (bicyclic) bond motifs is 1. The summed E-state index contributed by atoms with van der Waals surface area (Å²) in [5, 5.41) is 3.89. The molecule has 1 aliphatic carbocycles. The monoisotopic (exact) mass is 474 g/mol. The molecule has 3 aromatic rings. The van der Waals surface area contributed by atoms with Gasteiger partial charge in [-0.2, -0.15) is 0 Å². The quantitative estimate of drug-likeness (QED) is 0.326. The Hall–Kier alpha value is -3.25. The summed E-state index contributed by atoms with van der Waals surface area (Å²) in [5.41, 5.74) is 6.26. The van der Waals surface area contributed by atoms with Crippen LogP contribution in [0.15, 0.2) is 47.5 Å². The third kappa shape index (κ3) is 5.28. The Kier molecular flexibility index (Phi) is 7.58. The van der Waals surface area contributed by atoms with Gasteiger partial charge in [0.2, 0.25) is 0 Å². The van der Waals surface area contributed by atoms with Gasteiger partial charge < -0.3 is 10.1 Å². The van der Waals surface area contributed by atoms with Gasteiger partial charge in [0.1, 0.15) is 5.00 Å². The third-order valence-electron chi connectivity index (χ3n) is 6.40. The number of ether oxygens (including phenoxy) is 1. The highest BCUT2D eigenvalue weighted by atomic mass is 32.1. The summed E-state index contributed by atoms with van der Waals surface area (Å²) in [6.07, 6.45) is 8.31. The van der Waals surface area contributed by atoms with E-state index in [-0.39, 0.29) is 11.9 Å². The van der Waals surface area contributed by atoms with Crippen LogP contribution < -0.4 is 5.32 Å². The molecular formula is C28H30N2O3S. The second-order valence-electron chi connectivity index (χ2n) is 8.67. The Morgan fingerprint density at radius 3 is 2.47 bits per heavy atom. The van der Waals surface area contributed by atoms with Crippen LogP contribution in [0.25, 0.3) is 0 Å². The number of hydrogen-bond acceptors (Lipinski definition) is 5. The predicted molar refractivity (Wildman–Crippen MR) is 139 cm³/mol. The molecule has 2 aromatic carbocycles. The molecule has 176 valence electrons. The topological polar surface area (TPSA) is 67.8 Å². The maximum Gasteiger partial charge on any atom is 0.337 e. The minimum Gasteiger partial charge on any atom is -0.465 e. The molecule has 5 nitrogen and oxygen atoms in total. The Labute approximate surface area is 204 Å². The Bertz CT molecular complexity index is 1230. The van der Waals surface area contributed by atoms with E-state index in [1.807, 2.05) is 44.2 Å². The van der Waals surface area contributed by atoms with Crippen molar-refractivity contribution in [2.75, 3.05) is 12.4 Å². The summed E-state index contributed by atoms with van der Waals surface area (Å²) < 4.78 is 4.76. The third-order valence-corrected chi connectivity index (χ3v) is 7.60. The lowest BCUT2D eigenvalue weighted by atomic mass is 9.96. The molecule has 1 N–H and O–H groups in total. The molecule has 0 saturated heterocycles. The number of esters is 1. The molecule has 34 heavy (non-hydrogen) atoms. The largest absolute Gasteiger partial charge is 0.465 e. The van der Waals surface area contributed by atoms with Crippen molar-refractivity contribution in [3.05, 3.63) is 80.7 Å². The maximum absolute atomic E-state index is 13.6. The molecule has 0 bridgehead atoms. The molecule has 1 aromatic heterocycles. The van der Waals surface area contributed by atoms with E-state index in [0.29, 0.717) is 11.1 Å².